The topological polar surface area (TPSA) is 63.6 Å². The highest BCUT2D eigenvalue weighted by atomic mass is 16.5. The van der Waals surface area contributed by atoms with Gasteiger partial charge in [0.15, 0.2) is 0 Å². The van der Waals surface area contributed by atoms with Gasteiger partial charge >= 0.3 is 11.9 Å². The van der Waals surface area contributed by atoms with Gasteiger partial charge in [-0.3, -0.25) is 9.59 Å². The Morgan fingerprint density at radius 1 is 0.909 bits per heavy atom. The molecule has 0 fully saturated rings. The number of rotatable bonds is 12. The number of ether oxygens (including phenoxy) is 1. The van der Waals surface area contributed by atoms with E-state index in [2.05, 4.69) is 13.8 Å². The molecule has 0 spiro atoms. The molecule has 0 saturated heterocycles. The van der Waals surface area contributed by atoms with Gasteiger partial charge in [-0.25, -0.2) is 0 Å². The van der Waals surface area contributed by atoms with Crippen LogP contribution in [0.1, 0.15) is 91.9 Å². The highest BCUT2D eigenvalue weighted by Gasteiger charge is 2.13. The van der Waals surface area contributed by atoms with Crippen molar-refractivity contribution in [1.82, 2.24) is 0 Å². The van der Waals surface area contributed by atoms with Crippen molar-refractivity contribution in [2.24, 2.45) is 5.92 Å². The molecule has 0 aromatic rings. The first kappa shape index (κ1) is 23.2. The number of carbonyl (C=O) groups excluding carboxylic acids is 1. The van der Waals surface area contributed by atoms with E-state index in [1.165, 1.54) is 19.3 Å². The number of esters is 1. The lowest BCUT2D eigenvalue weighted by atomic mass is 9.99. The second-order valence-corrected chi connectivity index (χ2v) is 5.55. The van der Waals surface area contributed by atoms with E-state index in [0.29, 0.717) is 13.0 Å². The SMILES string of the molecule is CCCCCC(=O)OCC.CCCCCCC(CC)C(=O)O. The van der Waals surface area contributed by atoms with Crippen molar-refractivity contribution in [3.8, 4) is 0 Å². The normalized spacial score (nSPS) is 11.3. The molecule has 0 aromatic carbocycles. The minimum Gasteiger partial charge on any atom is -0.481 e. The average Bonchev–Trinajstić information content (AvgIpc) is 2.48. The molecule has 132 valence electrons. The van der Waals surface area contributed by atoms with Gasteiger partial charge in [0.05, 0.1) is 12.5 Å². The van der Waals surface area contributed by atoms with Gasteiger partial charge in [0.2, 0.25) is 0 Å². The Balaban J connectivity index is 0. The van der Waals surface area contributed by atoms with E-state index < -0.39 is 5.97 Å². The summed E-state index contributed by atoms with van der Waals surface area (Å²) in [6, 6.07) is 0. The molecule has 0 aromatic heterocycles. The molecular weight excluding hydrogens is 280 g/mol. The monoisotopic (exact) mass is 316 g/mol. The molecular formula is C18H36O4. The summed E-state index contributed by atoms with van der Waals surface area (Å²) in [5, 5.41) is 8.73. The van der Waals surface area contributed by atoms with Gasteiger partial charge in [-0.05, 0) is 26.2 Å². The molecule has 22 heavy (non-hydrogen) atoms. The Hall–Kier alpha value is -1.06. The van der Waals surface area contributed by atoms with E-state index in [1.807, 2.05) is 13.8 Å². The van der Waals surface area contributed by atoms with Gasteiger partial charge in [0.25, 0.3) is 0 Å². The molecule has 4 nitrogen and oxygen atoms in total. The Morgan fingerprint density at radius 3 is 1.95 bits per heavy atom. The summed E-state index contributed by atoms with van der Waals surface area (Å²) in [6.45, 7) is 8.56. The Bertz CT molecular complexity index is 264. The van der Waals surface area contributed by atoms with E-state index in [4.69, 9.17) is 9.84 Å². The summed E-state index contributed by atoms with van der Waals surface area (Å²) in [4.78, 5) is 21.3. The van der Waals surface area contributed by atoms with Gasteiger partial charge < -0.3 is 9.84 Å². The fourth-order valence-electron chi connectivity index (χ4n) is 2.07. The molecule has 0 amide bonds. The van der Waals surface area contributed by atoms with Crippen LogP contribution in [-0.4, -0.2) is 23.7 Å². The minimum atomic E-state index is -0.631. The molecule has 1 atom stereocenters. The van der Waals surface area contributed by atoms with Gasteiger partial charge in [-0.1, -0.05) is 59.3 Å². The largest absolute Gasteiger partial charge is 0.481 e. The Labute approximate surface area is 136 Å². The van der Waals surface area contributed by atoms with Crippen molar-refractivity contribution in [3.63, 3.8) is 0 Å². The zero-order chi connectivity index (χ0) is 17.2. The van der Waals surface area contributed by atoms with Crippen LogP contribution in [0, 0.1) is 5.92 Å². The maximum atomic E-state index is 10.7. The van der Waals surface area contributed by atoms with Gasteiger partial charge in [-0.2, -0.15) is 0 Å². The third-order valence-corrected chi connectivity index (χ3v) is 3.54. The van der Waals surface area contributed by atoms with Crippen LogP contribution in [0.4, 0.5) is 0 Å². The Kier molecular flexibility index (Phi) is 19.0. The van der Waals surface area contributed by atoms with Crippen LogP contribution in [0.25, 0.3) is 0 Å². The zero-order valence-electron chi connectivity index (χ0n) is 15.0. The van der Waals surface area contributed by atoms with Crippen molar-refractivity contribution in [3.05, 3.63) is 0 Å². The average molecular weight is 316 g/mol. The van der Waals surface area contributed by atoms with Crippen molar-refractivity contribution in [2.45, 2.75) is 91.9 Å². The summed E-state index contributed by atoms with van der Waals surface area (Å²) >= 11 is 0. The first-order chi connectivity index (χ1) is 10.5. The van der Waals surface area contributed by atoms with Crippen LogP contribution in [-0.2, 0) is 14.3 Å². The van der Waals surface area contributed by atoms with Crippen LogP contribution in [0.2, 0.25) is 0 Å². The quantitative estimate of drug-likeness (QED) is 0.397. The molecule has 1 unspecified atom stereocenters. The van der Waals surface area contributed by atoms with Gasteiger partial charge in [0, 0.05) is 6.42 Å². The molecule has 0 rings (SSSR count). The van der Waals surface area contributed by atoms with Crippen LogP contribution < -0.4 is 0 Å². The first-order valence-electron chi connectivity index (χ1n) is 8.91. The van der Waals surface area contributed by atoms with Crippen LogP contribution in [0.15, 0.2) is 0 Å². The van der Waals surface area contributed by atoms with E-state index >= 15 is 0 Å². The van der Waals surface area contributed by atoms with E-state index in [0.717, 1.165) is 38.5 Å². The van der Waals surface area contributed by atoms with E-state index in [1.54, 1.807) is 0 Å². The number of carboxylic acid groups (broad SMARTS) is 1. The molecule has 4 heteroatoms. The number of aliphatic carboxylic acids is 1. The van der Waals surface area contributed by atoms with Gasteiger partial charge in [-0.15, -0.1) is 0 Å². The number of carboxylic acids is 1. The summed E-state index contributed by atoms with van der Waals surface area (Å²) < 4.78 is 4.75. The van der Waals surface area contributed by atoms with Crippen LogP contribution in [0.5, 0.6) is 0 Å². The van der Waals surface area contributed by atoms with E-state index in [-0.39, 0.29) is 11.9 Å². The lowest BCUT2D eigenvalue weighted by Gasteiger charge is -2.08. The lowest BCUT2D eigenvalue weighted by Crippen LogP contribution is -2.12. The number of hydrogen-bond acceptors (Lipinski definition) is 3. The van der Waals surface area contributed by atoms with Crippen molar-refractivity contribution in [1.29, 1.82) is 0 Å². The summed E-state index contributed by atoms with van der Waals surface area (Å²) in [5.41, 5.74) is 0. The highest BCUT2D eigenvalue weighted by molar-refractivity contribution is 5.69. The standard InChI is InChI=1S/C10H20O2.C8H16O2/c1-3-5-6-7-8-9(4-2)10(11)12;1-3-5-6-7-8(9)10-4-2/h9H,3-8H2,1-2H3,(H,11,12);3-7H2,1-2H3. The second kappa shape index (κ2) is 18.0. The Morgan fingerprint density at radius 2 is 1.50 bits per heavy atom. The predicted molar refractivity (Wildman–Crippen MR) is 91.0 cm³/mol. The number of unbranched alkanes of at least 4 members (excludes halogenated alkanes) is 5. The summed E-state index contributed by atoms with van der Waals surface area (Å²) in [5.74, 6) is -0.799. The summed E-state index contributed by atoms with van der Waals surface area (Å²) in [6.07, 6.45) is 10.1. The molecule has 0 radical (unpaired) electrons. The molecule has 0 aliphatic heterocycles. The smallest absolute Gasteiger partial charge is 0.306 e. The minimum absolute atomic E-state index is 0.0593. The number of carbonyl (C=O) groups is 2. The molecule has 0 aliphatic rings. The predicted octanol–water partition coefficient (Wildman–Crippen LogP) is 5.20. The molecule has 0 bridgehead atoms. The van der Waals surface area contributed by atoms with Crippen molar-refractivity contribution >= 4 is 11.9 Å². The van der Waals surface area contributed by atoms with Crippen molar-refractivity contribution < 1.29 is 19.4 Å². The molecule has 0 saturated carbocycles. The molecule has 1 N–H and O–H groups in total. The first-order valence-corrected chi connectivity index (χ1v) is 8.91. The zero-order valence-corrected chi connectivity index (χ0v) is 15.0. The fraction of sp³-hybridized carbons (Fsp3) is 0.889. The fourth-order valence-corrected chi connectivity index (χ4v) is 2.07. The third-order valence-electron chi connectivity index (χ3n) is 3.54. The third kappa shape index (κ3) is 17.0. The molecule has 0 aliphatic carbocycles. The second-order valence-electron chi connectivity index (χ2n) is 5.55. The lowest BCUT2D eigenvalue weighted by molar-refractivity contribution is -0.143. The maximum absolute atomic E-state index is 10.7. The van der Waals surface area contributed by atoms with Crippen molar-refractivity contribution in [2.75, 3.05) is 6.61 Å². The van der Waals surface area contributed by atoms with Crippen LogP contribution in [0.3, 0.4) is 0 Å². The maximum Gasteiger partial charge on any atom is 0.306 e. The summed E-state index contributed by atoms with van der Waals surface area (Å²) in [7, 11) is 0. The van der Waals surface area contributed by atoms with Gasteiger partial charge in [0.1, 0.15) is 0 Å². The van der Waals surface area contributed by atoms with Crippen LogP contribution >= 0.6 is 0 Å². The number of hydrogen-bond donors (Lipinski definition) is 1. The highest BCUT2D eigenvalue weighted by Crippen LogP contribution is 2.14. The molecule has 0 heterocycles. The van der Waals surface area contributed by atoms with E-state index in [9.17, 15) is 9.59 Å².